The topological polar surface area (TPSA) is 82.1 Å². The summed E-state index contributed by atoms with van der Waals surface area (Å²) < 4.78 is 17.8. The molecule has 4 rings (SSSR count). The smallest absolute Gasteiger partial charge is 0.335 e. The number of allylic oxidation sites excluding steroid dienone is 1. The number of esters is 1. The first-order valence-corrected chi connectivity index (χ1v) is 10.4. The molecule has 0 saturated carbocycles. The first kappa shape index (κ1) is 20.5. The quantitative estimate of drug-likeness (QED) is 0.564. The molecule has 0 amide bonds. The lowest BCUT2D eigenvalue weighted by molar-refractivity contribution is -0.171. The Balaban J connectivity index is 1.87. The molecule has 1 N–H and O–H groups in total. The number of cyclic esters (lactones) is 1. The van der Waals surface area contributed by atoms with Crippen molar-refractivity contribution >= 4 is 11.8 Å². The number of rotatable bonds is 2. The molecule has 1 fully saturated rings. The summed E-state index contributed by atoms with van der Waals surface area (Å²) in [4.78, 5) is 26.0. The number of carbonyl (C=O) groups is 2. The minimum absolute atomic E-state index is 0.00422. The second kappa shape index (κ2) is 7.18. The summed E-state index contributed by atoms with van der Waals surface area (Å²) in [6.45, 7) is 7.36. The van der Waals surface area contributed by atoms with E-state index in [0.29, 0.717) is 6.42 Å². The van der Waals surface area contributed by atoms with Crippen LogP contribution in [0.3, 0.4) is 0 Å². The third-order valence-electron chi connectivity index (χ3n) is 7.15. The standard InChI is InChI=1S/C23H30O6/c1-11-9-17-16-7-6-15-10-18(27-5)22(26)28-21(14(4)24)12(2)8-13(3)23(15,29-17)19(16)20(11)25/h6-9,12,14-19,21,24H,10H2,1-5H3/t12-,14-,15-,16+,17+,18+,19+,21+,23+/m1/s1. The van der Waals surface area contributed by atoms with Crippen molar-refractivity contribution < 1.29 is 28.9 Å². The van der Waals surface area contributed by atoms with Crippen molar-refractivity contribution in [3.8, 4) is 0 Å². The second-order valence-corrected chi connectivity index (χ2v) is 8.95. The molecule has 1 spiro atoms. The number of ether oxygens (including phenoxy) is 3. The molecular formula is C23H30O6. The van der Waals surface area contributed by atoms with E-state index in [2.05, 4.69) is 12.2 Å². The van der Waals surface area contributed by atoms with Crippen molar-refractivity contribution in [1.29, 1.82) is 0 Å². The molecule has 9 atom stereocenters. The zero-order valence-corrected chi connectivity index (χ0v) is 17.6. The maximum absolute atomic E-state index is 13.2. The highest BCUT2D eigenvalue weighted by Crippen LogP contribution is 2.58. The number of carbonyl (C=O) groups excluding carboxylic acids is 2. The van der Waals surface area contributed by atoms with Crippen molar-refractivity contribution in [2.45, 2.75) is 64.1 Å². The summed E-state index contributed by atoms with van der Waals surface area (Å²) in [7, 11) is 1.48. The Bertz CT molecular complexity index is 808. The number of ketones is 1. The number of Topliss-reactive ketones (excluding diaryl/α,β-unsaturated/α-hetero) is 1. The van der Waals surface area contributed by atoms with Crippen LogP contribution in [0.5, 0.6) is 0 Å². The predicted molar refractivity (Wildman–Crippen MR) is 106 cm³/mol. The van der Waals surface area contributed by atoms with Crippen LogP contribution in [-0.4, -0.2) is 54.0 Å². The average molecular weight is 402 g/mol. The fourth-order valence-electron chi connectivity index (χ4n) is 5.76. The molecule has 1 saturated heterocycles. The van der Waals surface area contributed by atoms with Gasteiger partial charge in [-0.05, 0) is 44.4 Å². The molecule has 0 aromatic rings. The molecule has 4 aliphatic rings. The van der Waals surface area contributed by atoms with Gasteiger partial charge in [0, 0.05) is 24.9 Å². The minimum Gasteiger partial charge on any atom is -0.457 e. The van der Waals surface area contributed by atoms with Crippen LogP contribution in [0.1, 0.15) is 34.1 Å². The van der Waals surface area contributed by atoms with Gasteiger partial charge in [0.2, 0.25) is 0 Å². The van der Waals surface area contributed by atoms with Gasteiger partial charge >= 0.3 is 5.97 Å². The lowest BCUT2D eigenvalue weighted by Crippen LogP contribution is -2.52. The Morgan fingerprint density at radius 3 is 2.62 bits per heavy atom. The van der Waals surface area contributed by atoms with E-state index in [1.54, 1.807) is 6.92 Å². The molecule has 6 nitrogen and oxygen atoms in total. The Morgan fingerprint density at radius 2 is 1.97 bits per heavy atom. The van der Waals surface area contributed by atoms with Crippen molar-refractivity contribution in [2.24, 2.45) is 23.7 Å². The molecule has 158 valence electrons. The lowest BCUT2D eigenvalue weighted by Gasteiger charge is -2.45. The van der Waals surface area contributed by atoms with Crippen LogP contribution in [0.25, 0.3) is 0 Å². The lowest BCUT2D eigenvalue weighted by atomic mass is 9.60. The molecule has 4 bridgehead atoms. The van der Waals surface area contributed by atoms with Gasteiger partial charge in [-0.2, -0.15) is 0 Å². The second-order valence-electron chi connectivity index (χ2n) is 8.95. The van der Waals surface area contributed by atoms with Gasteiger partial charge in [-0.25, -0.2) is 4.79 Å². The highest BCUT2D eigenvalue weighted by atomic mass is 16.6. The fourth-order valence-corrected chi connectivity index (χ4v) is 5.76. The predicted octanol–water partition coefficient (Wildman–Crippen LogP) is 2.37. The molecule has 2 aliphatic heterocycles. The first-order chi connectivity index (χ1) is 13.7. The van der Waals surface area contributed by atoms with Crippen LogP contribution in [0.2, 0.25) is 0 Å². The number of methoxy groups -OCH3 is 1. The summed E-state index contributed by atoms with van der Waals surface area (Å²) in [5.41, 5.74) is 0.873. The van der Waals surface area contributed by atoms with Crippen LogP contribution in [-0.2, 0) is 23.8 Å². The zero-order valence-electron chi connectivity index (χ0n) is 17.6. The molecule has 2 aliphatic carbocycles. The van der Waals surface area contributed by atoms with E-state index < -0.39 is 29.9 Å². The van der Waals surface area contributed by atoms with Gasteiger partial charge < -0.3 is 19.3 Å². The molecular weight excluding hydrogens is 372 g/mol. The molecule has 0 unspecified atom stereocenters. The normalized spacial score (nSPS) is 45.1. The molecule has 0 aromatic carbocycles. The van der Waals surface area contributed by atoms with Crippen LogP contribution in [0.4, 0.5) is 0 Å². The Hall–Kier alpha value is -1.76. The van der Waals surface area contributed by atoms with Crippen LogP contribution in [0, 0.1) is 23.7 Å². The molecule has 0 radical (unpaired) electrons. The summed E-state index contributed by atoms with van der Waals surface area (Å²) >= 11 is 0. The van der Waals surface area contributed by atoms with Crippen LogP contribution in [0.15, 0.2) is 35.5 Å². The number of hydrogen-bond donors (Lipinski definition) is 1. The number of aliphatic hydroxyl groups is 1. The first-order valence-electron chi connectivity index (χ1n) is 10.4. The van der Waals surface area contributed by atoms with E-state index in [-0.39, 0.29) is 35.6 Å². The molecule has 0 aromatic heterocycles. The average Bonchev–Trinajstić information content (AvgIpc) is 2.82. The highest BCUT2D eigenvalue weighted by Gasteiger charge is 2.64. The Morgan fingerprint density at radius 1 is 1.24 bits per heavy atom. The maximum Gasteiger partial charge on any atom is 0.335 e. The summed E-state index contributed by atoms with van der Waals surface area (Å²) in [6, 6.07) is 0. The minimum atomic E-state index is -0.837. The molecule has 2 heterocycles. The van der Waals surface area contributed by atoms with Gasteiger partial charge in [0.25, 0.3) is 0 Å². The third-order valence-corrected chi connectivity index (χ3v) is 7.15. The van der Waals surface area contributed by atoms with Crippen molar-refractivity contribution in [1.82, 2.24) is 0 Å². The SMILES string of the molecule is CO[C@H]1C[C@H]2C=C[C@H]3[C@@H]4C=C(C)C(=O)[C@H]3[C@]2(O4)C(C)=C[C@@H](C)[C@@H]([C@@H](C)O)OC1=O. The van der Waals surface area contributed by atoms with Gasteiger partial charge in [0.05, 0.1) is 18.1 Å². The summed E-state index contributed by atoms with van der Waals surface area (Å²) in [5.74, 6) is -1.13. The van der Waals surface area contributed by atoms with Crippen molar-refractivity contribution in [2.75, 3.05) is 7.11 Å². The van der Waals surface area contributed by atoms with Gasteiger partial charge in [0.1, 0.15) is 11.7 Å². The van der Waals surface area contributed by atoms with E-state index in [9.17, 15) is 14.7 Å². The van der Waals surface area contributed by atoms with Gasteiger partial charge in [-0.3, -0.25) is 4.79 Å². The van der Waals surface area contributed by atoms with Crippen molar-refractivity contribution in [3.63, 3.8) is 0 Å². The van der Waals surface area contributed by atoms with E-state index in [1.807, 2.05) is 32.9 Å². The Kier molecular flexibility index (Phi) is 5.08. The molecule has 29 heavy (non-hydrogen) atoms. The van der Waals surface area contributed by atoms with Crippen LogP contribution < -0.4 is 0 Å². The van der Waals surface area contributed by atoms with Gasteiger partial charge in [-0.1, -0.05) is 25.2 Å². The van der Waals surface area contributed by atoms with Gasteiger partial charge in [0.15, 0.2) is 11.9 Å². The maximum atomic E-state index is 13.2. The van der Waals surface area contributed by atoms with E-state index >= 15 is 0 Å². The van der Waals surface area contributed by atoms with Crippen molar-refractivity contribution in [3.05, 3.63) is 35.5 Å². The zero-order chi connectivity index (χ0) is 21.1. The Labute approximate surface area is 171 Å². The molecule has 6 heteroatoms. The number of aliphatic hydroxyl groups excluding tert-OH is 1. The van der Waals surface area contributed by atoms with Crippen LogP contribution >= 0.6 is 0 Å². The number of hydrogen-bond acceptors (Lipinski definition) is 6. The van der Waals surface area contributed by atoms with E-state index in [0.717, 1.165) is 11.1 Å². The van der Waals surface area contributed by atoms with E-state index in [4.69, 9.17) is 14.2 Å². The summed E-state index contributed by atoms with van der Waals surface area (Å²) in [6.07, 6.45) is 5.95. The fraction of sp³-hybridized carbons (Fsp3) is 0.652. The highest BCUT2D eigenvalue weighted by molar-refractivity contribution is 6.00. The third kappa shape index (κ3) is 2.95. The van der Waals surface area contributed by atoms with Gasteiger partial charge in [-0.15, -0.1) is 0 Å². The van der Waals surface area contributed by atoms with E-state index in [1.165, 1.54) is 7.11 Å². The monoisotopic (exact) mass is 402 g/mol. The summed E-state index contributed by atoms with van der Waals surface area (Å²) in [5, 5.41) is 10.2. The largest absolute Gasteiger partial charge is 0.457 e.